The van der Waals surface area contributed by atoms with E-state index in [-0.39, 0.29) is 25.3 Å². The lowest BCUT2D eigenvalue weighted by atomic mass is 9.70. The largest absolute Gasteiger partial charge is 0.497 e. The van der Waals surface area contributed by atoms with E-state index in [1.807, 2.05) is 43.3 Å². The van der Waals surface area contributed by atoms with Gasteiger partial charge in [0.2, 0.25) is 11.8 Å². The van der Waals surface area contributed by atoms with Gasteiger partial charge in [0, 0.05) is 30.5 Å². The number of carbonyl (C=O) groups is 4. The molecule has 3 fully saturated rings. The highest BCUT2D eigenvalue weighted by molar-refractivity contribution is 9.09. The van der Waals surface area contributed by atoms with Crippen molar-refractivity contribution in [2.45, 2.75) is 66.9 Å². The maximum absolute atomic E-state index is 15.2. The van der Waals surface area contributed by atoms with Crippen molar-refractivity contribution in [1.82, 2.24) is 9.80 Å². The number of nitrogens with zero attached hydrogens (tertiary/aromatic N) is 3. The number of rotatable bonds is 16. The van der Waals surface area contributed by atoms with Gasteiger partial charge in [-0.2, -0.15) is 0 Å². The number of ether oxygens (including phenoxy) is 3. The normalized spacial score (nSPS) is 25.4. The average Bonchev–Trinajstić information content (AvgIpc) is 3.81. The number of halogens is 1. The lowest BCUT2D eigenvalue weighted by Gasteiger charge is -2.39. The summed E-state index contributed by atoms with van der Waals surface area (Å²) in [7, 11) is 3.23. The van der Waals surface area contributed by atoms with Crippen molar-refractivity contribution in [3.63, 3.8) is 0 Å². The molecular formula is C43H48BrN3O8. The van der Waals surface area contributed by atoms with E-state index < -0.39 is 77.0 Å². The quantitative estimate of drug-likeness (QED) is 0.110. The van der Waals surface area contributed by atoms with Gasteiger partial charge in [0.05, 0.1) is 43.7 Å². The molecule has 11 nitrogen and oxygen atoms in total. The van der Waals surface area contributed by atoms with Crippen LogP contribution in [0.3, 0.4) is 0 Å². The topological polar surface area (TPSA) is 126 Å². The number of esters is 1. The van der Waals surface area contributed by atoms with Crippen LogP contribution in [0.25, 0.3) is 0 Å². The maximum Gasteiger partial charge on any atom is 0.313 e. The summed E-state index contributed by atoms with van der Waals surface area (Å²) < 4.78 is 18.6. The minimum atomic E-state index is -1.45. The summed E-state index contributed by atoms with van der Waals surface area (Å²) in [5.74, 6) is -3.34. The summed E-state index contributed by atoms with van der Waals surface area (Å²) >= 11 is 3.76. The van der Waals surface area contributed by atoms with Crippen molar-refractivity contribution in [3.8, 4) is 5.75 Å². The van der Waals surface area contributed by atoms with E-state index in [0.29, 0.717) is 29.0 Å². The Bertz CT molecular complexity index is 1880. The van der Waals surface area contributed by atoms with Gasteiger partial charge in [-0.3, -0.25) is 19.2 Å². The van der Waals surface area contributed by atoms with Gasteiger partial charge < -0.3 is 34.0 Å². The molecular weight excluding hydrogens is 766 g/mol. The maximum atomic E-state index is 15.2. The van der Waals surface area contributed by atoms with E-state index >= 15 is 9.59 Å². The number of fused-ring (bicyclic) bond motifs is 1. The van der Waals surface area contributed by atoms with Gasteiger partial charge in [0.25, 0.3) is 5.91 Å². The van der Waals surface area contributed by atoms with Crippen LogP contribution in [0.5, 0.6) is 5.75 Å². The first-order valence-corrected chi connectivity index (χ1v) is 19.4. The fourth-order valence-corrected chi connectivity index (χ4v) is 9.41. The SMILES string of the molecule is C=CCCC(=O)N(C)[C@H](C)[C@H](OC(=O)[C@H]1[C@@H]2O[C@@]3(CC2Br)[C@@H]1C(=O)N([C@H](CO)c1ccccc1)[C@@H]3C(=O)N(CC=C)c1ccc(OC)cc1)c1ccccc1. The van der Waals surface area contributed by atoms with Crippen LogP contribution in [0.4, 0.5) is 5.69 Å². The number of methoxy groups -OCH3 is 1. The molecule has 1 spiro atoms. The summed E-state index contributed by atoms with van der Waals surface area (Å²) in [4.78, 5) is 62.3. The zero-order chi connectivity index (χ0) is 39.4. The standard InChI is InChI=1S/C43H48BrN3O8/c1-6-8-19-34(49)45(4)27(3)37(29-17-13-10-14-18-29)54-42(52)35-36-40(50)47(33(26-48)28-15-11-9-12-16-28)39(43(36)25-32(44)38(35)55-43)41(51)46(24-7-2)30-20-22-31(53-5)23-21-30/h6-7,9-18,20-23,27,32-33,35-39,48H,1-2,8,19,24-26H2,3-5H3/t27-,32?,33-,35-,36+,37+,38-,39-,43+/m1/s1. The summed E-state index contributed by atoms with van der Waals surface area (Å²) in [5, 5.41) is 11.0. The van der Waals surface area contributed by atoms with Crippen LogP contribution in [0, 0.1) is 11.8 Å². The van der Waals surface area contributed by atoms with Gasteiger partial charge in [0.1, 0.15) is 23.5 Å². The van der Waals surface area contributed by atoms with E-state index in [0.717, 1.165) is 0 Å². The molecule has 12 heteroatoms. The fraction of sp³-hybridized carbons (Fsp3) is 0.395. The third-order valence-corrected chi connectivity index (χ3v) is 12.1. The van der Waals surface area contributed by atoms with Gasteiger partial charge in [-0.05, 0) is 55.2 Å². The first kappa shape index (κ1) is 39.9. The molecule has 3 aliphatic heterocycles. The number of amides is 3. The third kappa shape index (κ3) is 7.35. The van der Waals surface area contributed by atoms with Crippen LogP contribution in [0.15, 0.2) is 110 Å². The second kappa shape index (κ2) is 16.9. The van der Waals surface area contributed by atoms with E-state index in [9.17, 15) is 14.7 Å². The molecule has 0 aliphatic carbocycles. The number of aliphatic hydroxyl groups is 1. The molecule has 3 saturated heterocycles. The Morgan fingerprint density at radius 3 is 2.24 bits per heavy atom. The molecule has 0 aromatic heterocycles. The number of alkyl halides is 1. The van der Waals surface area contributed by atoms with Crippen LogP contribution >= 0.6 is 15.9 Å². The summed E-state index contributed by atoms with van der Waals surface area (Å²) in [6, 6.07) is 22.5. The molecule has 6 rings (SSSR count). The number of aliphatic hydroxyl groups excluding tert-OH is 1. The van der Waals surface area contributed by atoms with E-state index in [1.54, 1.807) is 79.7 Å². The molecule has 1 N–H and O–H groups in total. The predicted octanol–water partition coefficient (Wildman–Crippen LogP) is 5.79. The molecule has 0 radical (unpaired) electrons. The van der Waals surface area contributed by atoms with Crippen molar-refractivity contribution in [2.24, 2.45) is 11.8 Å². The highest BCUT2D eigenvalue weighted by Crippen LogP contribution is 2.61. The molecule has 0 saturated carbocycles. The molecule has 3 aromatic carbocycles. The number of likely N-dealkylation sites (tertiary alicyclic amines) is 1. The van der Waals surface area contributed by atoms with E-state index in [1.165, 1.54) is 9.80 Å². The zero-order valence-electron chi connectivity index (χ0n) is 31.3. The van der Waals surface area contributed by atoms with E-state index in [4.69, 9.17) is 14.2 Å². The second-order valence-corrected chi connectivity index (χ2v) is 15.5. The molecule has 3 amide bonds. The number of anilines is 1. The van der Waals surface area contributed by atoms with Crippen molar-refractivity contribution < 1.29 is 38.5 Å². The monoisotopic (exact) mass is 813 g/mol. The molecule has 1 unspecified atom stereocenters. The number of hydrogen-bond acceptors (Lipinski definition) is 8. The van der Waals surface area contributed by atoms with Crippen LogP contribution in [-0.2, 0) is 28.7 Å². The lowest BCUT2D eigenvalue weighted by Crippen LogP contribution is -2.57. The van der Waals surface area contributed by atoms with Crippen molar-refractivity contribution >= 4 is 45.3 Å². The van der Waals surface area contributed by atoms with Gasteiger partial charge in [-0.1, -0.05) is 88.7 Å². The minimum Gasteiger partial charge on any atom is -0.497 e. The smallest absolute Gasteiger partial charge is 0.313 e. The molecule has 3 heterocycles. The van der Waals surface area contributed by atoms with Gasteiger partial charge in [-0.25, -0.2) is 0 Å². The van der Waals surface area contributed by atoms with Crippen molar-refractivity contribution in [1.29, 1.82) is 0 Å². The lowest BCUT2D eigenvalue weighted by molar-refractivity contribution is -0.165. The molecule has 290 valence electrons. The number of hydrogen-bond donors (Lipinski definition) is 1. The summed E-state index contributed by atoms with van der Waals surface area (Å²) in [6.07, 6.45) is 2.61. The molecule has 2 bridgehead atoms. The average molecular weight is 815 g/mol. The van der Waals surface area contributed by atoms with E-state index in [2.05, 4.69) is 29.1 Å². The van der Waals surface area contributed by atoms with Gasteiger partial charge in [-0.15, -0.1) is 13.2 Å². The first-order chi connectivity index (χ1) is 26.5. The Morgan fingerprint density at radius 1 is 1.02 bits per heavy atom. The molecule has 55 heavy (non-hydrogen) atoms. The number of carbonyl (C=O) groups excluding carboxylic acids is 4. The Morgan fingerprint density at radius 2 is 1.65 bits per heavy atom. The number of likely N-dealkylation sites (N-methyl/N-ethyl adjacent to an activating group) is 1. The fourth-order valence-electron chi connectivity index (χ4n) is 8.47. The number of allylic oxidation sites excluding steroid dienone is 1. The van der Waals surface area contributed by atoms with Crippen LogP contribution in [0.2, 0.25) is 0 Å². The second-order valence-electron chi connectivity index (χ2n) is 14.3. The molecule has 3 aromatic rings. The Kier molecular flexibility index (Phi) is 12.3. The van der Waals surface area contributed by atoms with Gasteiger partial charge in [0.15, 0.2) is 0 Å². The first-order valence-electron chi connectivity index (χ1n) is 18.5. The Labute approximate surface area is 330 Å². The highest BCUT2D eigenvalue weighted by Gasteiger charge is 2.78. The van der Waals surface area contributed by atoms with Crippen molar-refractivity contribution in [3.05, 3.63) is 121 Å². The van der Waals surface area contributed by atoms with Gasteiger partial charge >= 0.3 is 5.97 Å². The third-order valence-electron chi connectivity index (χ3n) is 11.3. The minimum absolute atomic E-state index is 0.113. The van der Waals surface area contributed by atoms with Crippen molar-refractivity contribution in [2.75, 3.05) is 32.2 Å². The molecule has 9 atom stereocenters. The Hall–Kier alpha value is -4.78. The predicted molar refractivity (Wildman–Crippen MR) is 211 cm³/mol. The van der Waals surface area contributed by atoms with Crippen LogP contribution in [0.1, 0.15) is 49.5 Å². The van der Waals surface area contributed by atoms with Crippen LogP contribution in [-0.4, -0.2) is 94.5 Å². The zero-order valence-corrected chi connectivity index (χ0v) is 32.9. The summed E-state index contributed by atoms with van der Waals surface area (Å²) in [6.45, 7) is 9.07. The summed E-state index contributed by atoms with van der Waals surface area (Å²) in [5.41, 5.74) is 0.398. The highest BCUT2D eigenvalue weighted by atomic mass is 79.9. The van der Waals surface area contributed by atoms with Crippen LogP contribution < -0.4 is 9.64 Å². The number of benzene rings is 3. The Balaban J connectivity index is 1.42. The molecule has 3 aliphatic rings.